The average Bonchev–Trinajstić information content (AvgIpc) is 3.21. The monoisotopic (exact) mass is 480 g/mol. The first-order valence-electron chi connectivity index (χ1n) is 9.26. The van der Waals surface area contributed by atoms with Crippen LogP contribution in [0.15, 0.2) is 40.6 Å². The SMILES string of the molecule is O=C(NCCc1cccs1)C1CCN(S(=O)(=O)c2ccc(Cl)c(C(F)(F)F)c2)CC1. The van der Waals surface area contributed by atoms with Gasteiger partial charge in [-0.15, -0.1) is 11.3 Å². The molecule has 1 N–H and O–H groups in total. The summed E-state index contributed by atoms with van der Waals surface area (Å²) in [6, 6.07) is 6.49. The van der Waals surface area contributed by atoms with Crippen molar-refractivity contribution in [2.24, 2.45) is 5.92 Å². The van der Waals surface area contributed by atoms with Crippen LogP contribution in [0.2, 0.25) is 5.02 Å². The minimum atomic E-state index is -4.75. The zero-order valence-electron chi connectivity index (χ0n) is 15.8. The Morgan fingerprint density at radius 2 is 1.93 bits per heavy atom. The van der Waals surface area contributed by atoms with Crippen LogP contribution < -0.4 is 5.32 Å². The highest BCUT2D eigenvalue weighted by molar-refractivity contribution is 7.89. The smallest absolute Gasteiger partial charge is 0.355 e. The summed E-state index contributed by atoms with van der Waals surface area (Å²) in [4.78, 5) is 13.0. The Morgan fingerprint density at radius 1 is 1.23 bits per heavy atom. The maximum atomic E-state index is 13.1. The van der Waals surface area contributed by atoms with Gasteiger partial charge in [0.05, 0.1) is 15.5 Å². The van der Waals surface area contributed by atoms with Crippen LogP contribution in [0.4, 0.5) is 13.2 Å². The van der Waals surface area contributed by atoms with Crippen LogP contribution in [-0.4, -0.2) is 38.3 Å². The summed E-state index contributed by atoms with van der Waals surface area (Å²) >= 11 is 7.18. The molecule has 1 fully saturated rings. The van der Waals surface area contributed by atoms with Crippen LogP contribution in [0.25, 0.3) is 0 Å². The van der Waals surface area contributed by atoms with Gasteiger partial charge in [0.1, 0.15) is 0 Å². The summed E-state index contributed by atoms with van der Waals surface area (Å²) in [5, 5.41) is 4.27. The van der Waals surface area contributed by atoms with E-state index >= 15 is 0 Å². The van der Waals surface area contributed by atoms with E-state index in [-0.39, 0.29) is 24.9 Å². The van der Waals surface area contributed by atoms with Gasteiger partial charge in [0.25, 0.3) is 0 Å². The quantitative estimate of drug-likeness (QED) is 0.674. The number of thiophene rings is 1. The van der Waals surface area contributed by atoms with Crippen LogP contribution in [0.5, 0.6) is 0 Å². The number of carbonyl (C=O) groups is 1. The third-order valence-electron chi connectivity index (χ3n) is 4.96. The van der Waals surface area contributed by atoms with Crippen molar-refractivity contribution in [2.75, 3.05) is 19.6 Å². The van der Waals surface area contributed by atoms with Crippen molar-refractivity contribution in [1.29, 1.82) is 0 Å². The van der Waals surface area contributed by atoms with Crippen molar-refractivity contribution in [3.8, 4) is 0 Å². The highest BCUT2D eigenvalue weighted by atomic mass is 35.5. The third-order valence-corrected chi connectivity index (χ3v) is 8.12. The normalized spacial score (nSPS) is 16.5. The number of alkyl halides is 3. The molecule has 2 aromatic rings. The second-order valence-corrected chi connectivity index (χ2v) is 10.3. The molecule has 11 heteroatoms. The van der Waals surface area contributed by atoms with E-state index < -0.39 is 31.7 Å². The van der Waals surface area contributed by atoms with Crippen LogP contribution in [0.3, 0.4) is 0 Å². The first kappa shape index (κ1) is 23.1. The predicted octanol–water partition coefficient (Wildman–Crippen LogP) is 4.18. The molecule has 0 unspecified atom stereocenters. The lowest BCUT2D eigenvalue weighted by Gasteiger charge is -2.30. The Bertz CT molecular complexity index is 987. The van der Waals surface area contributed by atoms with E-state index in [0.717, 1.165) is 27.7 Å². The van der Waals surface area contributed by atoms with E-state index in [1.54, 1.807) is 11.3 Å². The zero-order chi connectivity index (χ0) is 21.9. The van der Waals surface area contributed by atoms with Gasteiger partial charge in [-0.25, -0.2) is 8.42 Å². The summed E-state index contributed by atoms with van der Waals surface area (Å²) < 4.78 is 65.8. The van der Waals surface area contributed by atoms with Crippen LogP contribution in [0, 0.1) is 5.92 Å². The second-order valence-electron chi connectivity index (χ2n) is 6.94. The molecular formula is C19H20ClF3N2O3S2. The van der Waals surface area contributed by atoms with Crippen LogP contribution in [0.1, 0.15) is 23.3 Å². The van der Waals surface area contributed by atoms with Crippen molar-refractivity contribution < 1.29 is 26.4 Å². The van der Waals surface area contributed by atoms with E-state index in [1.807, 2.05) is 17.5 Å². The first-order chi connectivity index (χ1) is 14.1. The Balaban J connectivity index is 1.59. The number of amides is 1. The number of piperidine rings is 1. The van der Waals surface area contributed by atoms with Gasteiger partial charge in [-0.2, -0.15) is 17.5 Å². The molecule has 1 aliphatic heterocycles. The van der Waals surface area contributed by atoms with Crippen LogP contribution in [-0.2, 0) is 27.4 Å². The molecule has 0 bridgehead atoms. The predicted molar refractivity (Wildman–Crippen MR) is 109 cm³/mol. The summed E-state index contributed by atoms with van der Waals surface area (Å²) in [6.45, 7) is 0.632. The van der Waals surface area contributed by atoms with Gasteiger partial charge in [-0.3, -0.25) is 4.79 Å². The molecule has 1 aromatic carbocycles. The number of carbonyl (C=O) groups excluding carboxylic acids is 1. The molecule has 0 saturated carbocycles. The molecule has 0 radical (unpaired) electrons. The Labute approximate surface area is 181 Å². The summed E-state index contributed by atoms with van der Waals surface area (Å²) in [7, 11) is -4.11. The van der Waals surface area contributed by atoms with E-state index in [9.17, 15) is 26.4 Å². The van der Waals surface area contributed by atoms with Crippen molar-refractivity contribution in [2.45, 2.75) is 30.3 Å². The Morgan fingerprint density at radius 3 is 2.53 bits per heavy atom. The molecule has 1 aromatic heterocycles. The molecule has 1 aliphatic rings. The highest BCUT2D eigenvalue weighted by Crippen LogP contribution is 2.36. The van der Waals surface area contributed by atoms with Gasteiger partial charge in [-0.1, -0.05) is 17.7 Å². The van der Waals surface area contributed by atoms with E-state index in [0.29, 0.717) is 25.5 Å². The lowest BCUT2D eigenvalue weighted by atomic mass is 9.97. The minimum absolute atomic E-state index is 0.0648. The maximum Gasteiger partial charge on any atom is 0.417 e. The van der Waals surface area contributed by atoms with Crippen LogP contribution >= 0.6 is 22.9 Å². The van der Waals surface area contributed by atoms with Gasteiger partial charge >= 0.3 is 6.18 Å². The number of nitrogens with one attached hydrogen (secondary N) is 1. The topological polar surface area (TPSA) is 66.5 Å². The number of benzene rings is 1. The molecule has 164 valence electrons. The van der Waals surface area contributed by atoms with Gasteiger partial charge in [0, 0.05) is 30.4 Å². The van der Waals surface area contributed by atoms with Crippen molar-refractivity contribution in [3.63, 3.8) is 0 Å². The van der Waals surface area contributed by atoms with E-state index in [1.165, 1.54) is 0 Å². The van der Waals surface area contributed by atoms with Crippen molar-refractivity contribution >= 4 is 38.9 Å². The molecule has 2 heterocycles. The molecule has 0 spiro atoms. The van der Waals surface area contributed by atoms with Crippen molar-refractivity contribution in [1.82, 2.24) is 9.62 Å². The van der Waals surface area contributed by atoms with Gasteiger partial charge < -0.3 is 5.32 Å². The van der Waals surface area contributed by atoms with Gasteiger partial charge in [-0.05, 0) is 48.9 Å². The molecule has 0 atom stereocenters. The lowest BCUT2D eigenvalue weighted by Crippen LogP contribution is -2.43. The maximum absolute atomic E-state index is 13.1. The largest absolute Gasteiger partial charge is 0.417 e. The Hall–Kier alpha value is -1.62. The fourth-order valence-electron chi connectivity index (χ4n) is 3.30. The average molecular weight is 481 g/mol. The first-order valence-corrected chi connectivity index (χ1v) is 12.0. The molecule has 3 rings (SSSR count). The second kappa shape index (κ2) is 9.25. The molecule has 1 amide bonds. The molecular weight excluding hydrogens is 461 g/mol. The number of hydrogen-bond acceptors (Lipinski definition) is 4. The fraction of sp³-hybridized carbons (Fsp3) is 0.421. The highest BCUT2D eigenvalue weighted by Gasteiger charge is 2.37. The van der Waals surface area contributed by atoms with Gasteiger partial charge in [0.15, 0.2) is 0 Å². The summed E-state index contributed by atoms with van der Waals surface area (Å²) in [5.74, 6) is -0.454. The fourth-order valence-corrected chi connectivity index (χ4v) is 5.73. The summed E-state index contributed by atoms with van der Waals surface area (Å²) in [6.07, 6.45) is -3.40. The van der Waals surface area contributed by atoms with E-state index in [4.69, 9.17) is 11.6 Å². The van der Waals surface area contributed by atoms with Crippen molar-refractivity contribution in [3.05, 3.63) is 51.2 Å². The zero-order valence-corrected chi connectivity index (χ0v) is 18.2. The third kappa shape index (κ3) is 5.35. The van der Waals surface area contributed by atoms with E-state index in [2.05, 4.69) is 5.32 Å². The molecule has 30 heavy (non-hydrogen) atoms. The standard InChI is InChI=1S/C19H20ClF3N2O3S2/c20-17-4-3-15(12-16(17)19(21,22)23)30(27,28)25-9-6-13(7-10-25)18(26)24-8-5-14-2-1-11-29-14/h1-4,11-13H,5-10H2,(H,24,26). The minimum Gasteiger partial charge on any atom is -0.355 e. The number of sulfonamides is 1. The number of halogens is 4. The number of nitrogens with zero attached hydrogens (tertiary/aromatic N) is 1. The number of hydrogen-bond donors (Lipinski definition) is 1. The lowest BCUT2D eigenvalue weighted by molar-refractivity contribution is -0.137. The summed E-state index contributed by atoms with van der Waals surface area (Å²) in [5.41, 5.74) is -1.19. The van der Waals surface area contributed by atoms with Gasteiger partial charge in [0.2, 0.25) is 15.9 Å². The Kier molecular flexibility index (Phi) is 7.11. The molecule has 1 saturated heterocycles. The number of rotatable bonds is 6. The molecule has 0 aliphatic carbocycles. The molecule has 5 nitrogen and oxygen atoms in total.